The summed E-state index contributed by atoms with van der Waals surface area (Å²) < 4.78 is 1.21. The van der Waals surface area contributed by atoms with Crippen molar-refractivity contribution >= 4 is 21.4 Å². The van der Waals surface area contributed by atoms with Crippen LogP contribution in [0.2, 0.25) is 0 Å². The maximum atomic E-state index is 9.63. The van der Waals surface area contributed by atoms with E-state index in [-0.39, 0.29) is 0 Å². The van der Waals surface area contributed by atoms with Crippen molar-refractivity contribution in [3.63, 3.8) is 0 Å². The fraction of sp³-hybridized carbons (Fsp3) is 0.0909. The van der Waals surface area contributed by atoms with Crippen molar-refractivity contribution in [2.45, 2.75) is 6.10 Å². The van der Waals surface area contributed by atoms with Gasteiger partial charge in [-0.05, 0) is 28.5 Å². The van der Waals surface area contributed by atoms with Gasteiger partial charge in [-0.15, -0.1) is 17.9 Å². The molecule has 0 bridgehead atoms. The van der Waals surface area contributed by atoms with Crippen molar-refractivity contribution in [3.05, 3.63) is 47.9 Å². The van der Waals surface area contributed by atoms with Crippen molar-refractivity contribution in [1.82, 2.24) is 0 Å². The molecule has 0 aliphatic rings. The molecule has 2 heteroatoms. The summed E-state index contributed by atoms with van der Waals surface area (Å²) >= 11 is 1.68. The SMILES string of the molecule is C=CC(O)c1cccc2sccc12. The number of hydrogen-bond acceptors (Lipinski definition) is 2. The second-order valence-corrected chi connectivity index (χ2v) is 3.81. The zero-order chi connectivity index (χ0) is 9.26. The number of rotatable bonds is 2. The van der Waals surface area contributed by atoms with E-state index >= 15 is 0 Å². The number of benzene rings is 1. The lowest BCUT2D eigenvalue weighted by atomic mass is 10.1. The van der Waals surface area contributed by atoms with E-state index in [1.807, 2.05) is 23.6 Å². The Morgan fingerprint density at radius 3 is 3.00 bits per heavy atom. The van der Waals surface area contributed by atoms with Gasteiger partial charge < -0.3 is 5.11 Å². The van der Waals surface area contributed by atoms with Crippen LogP contribution in [0.5, 0.6) is 0 Å². The Kier molecular flexibility index (Phi) is 2.17. The molecule has 66 valence electrons. The van der Waals surface area contributed by atoms with Crippen LogP contribution < -0.4 is 0 Å². The minimum absolute atomic E-state index is 0.557. The van der Waals surface area contributed by atoms with Crippen molar-refractivity contribution in [1.29, 1.82) is 0 Å². The highest BCUT2D eigenvalue weighted by Gasteiger charge is 2.07. The van der Waals surface area contributed by atoms with E-state index in [1.165, 1.54) is 4.70 Å². The number of hydrogen-bond donors (Lipinski definition) is 1. The van der Waals surface area contributed by atoms with Gasteiger partial charge in [0.25, 0.3) is 0 Å². The summed E-state index contributed by atoms with van der Waals surface area (Å²) in [6.07, 6.45) is 0.991. The number of aliphatic hydroxyl groups is 1. The van der Waals surface area contributed by atoms with Crippen LogP contribution in [0.3, 0.4) is 0 Å². The molecular formula is C11H10OS. The first-order valence-electron chi connectivity index (χ1n) is 4.09. The van der Waals surface area contributed by atoms with Gasteiger partial charge in [0.1, 0.15) is 0 Å². The first-order valence-corrected chi connectivity index (χ1v) is 4.97. The average Bonchev–Trinajstić information content (AvgIpc) is 2.63. The standard InChI is InChI=1S/C11H10OS/c1-2-10(12)8-4-3-5-11-9(8)6-7-13-11/h2-7,10,12H,1H2. The lowest BCUT2D eigenvalue weighted by molar-refractivity contribution is 0.230. The normalized spacial score (nSPS) is 13.0. The summed E-state index contributed by atoms with van der Waals surface area (Å²) in [4.78, 5) is 0. The molecule has 0 spiro atoms. The fourth-order valence-corrected chi connectivity index (χ4v) is 2.22. The molecule has 0 aliphatic heterocycles. The molecule has 1 atom stereocenters. The van der Waals surface area contributed by atoms with Gasteiger partial charge in [-0.2, -0.15) is 0 Å². The molecule has 2 aromatic rings. The number of thiophene rings is 1. The van der Waals surface area contributed by atoms with Crippen LogP contribution in [0.15, 0.2) is 42.3 Å². The predicted octanol–water partition coefficient (Wildman–Crippen LogP) is 3.12. The van der Waals surface area contributed by atoms with Crippen molar-refractivity contribution in [2.75, 3.05) is 0 Å². The van der Waals surface area contributed by atoms with Crippen LogP contribution in [0, 0.1) is 0 Å². The van der Waals surface area contributed by atoms with E-state index in [2.05, 4.69) is 12.6 Å². The Labute approximate surface area is 81.0 Å². The molecule has 0 amide bonds. The Bertz CT molecular complexity index is 430. The summed E-state index contributed by atoms with van der Waals surface area (Å²) in [5.74, 6) is 0. The van der Waals surface area contributed by atoms with Crippen LogP contribution in [0.1, 0.15) is 11.7 Å². The van der Waals surface area contributed by atoms with Crippen LogP contribution in [0.25, 0.3) is 10.1 Å². The molecular weight excluding hydrogens is 180 g/mol. The van der Waals surface area contributed by atoms with Gasteiger partial charge in [-0.1, -0.05) is 18.2 Å². The Hall–Kier alpha value is -1.12. The van der Waals surface area contributed by atoms with Crippen molar-refractivity contribution < 1.29 is 5.11 Å². The third kappa shape index (κ3) is 1.39. The molecule has 0 fully saturated rings. The summed E-state index contributed by atoms with van der Waals surface area (Å²) in [6, 6.07) is 7.98. The summed E-state index contributed by atoms with van der Waals surface area (Å²) in [5, 5.41) is 12.8. The Balaban J connectivity index is 2.67. The van der Waals surface area contributed by atoms with Crippen LogP contribution in [-0.4, -0.2) is 5.11 Å². The highest BCUT2D eigenvalue weighted by atomic mass is 32.1. The maximum absolute atomic E-state index is 9.63. The lowest BCUT2D eigenvalue weighted by Gasteiger charge is -2.06. The molecule has 0 saturated carbocycles. The second kappa shape index (κ2) is 3.32. The molecule has 13 heavy (non-hydrogen) atoms. The monoisotopic (exact) mass is 190 g/mol. The summed E-state index contributed by atoms with van der Waals surface area (Å²) in [6.45, 7) is 3.58. The average molecular weight is 190 g/mol. The van der Waals surface area contributed by atoms with Gasteiger partial charge >= 0.3 is 0 Å². The minimum Gasteiger partial charge on any atom is -0.384 e. The molecule has 1 unspecified atom stereocenters. The van der Waals surface area contributed by atoms with Crippen LogP contribution in [0.4, 0.5) is 0 Å². The number of aliphatic hydroxyl groups excluding tert-OH is 1. The molecule has 1 nitrogen and oxygen atoms in total. The predicted molar refractivity (Wildman–Crippen MR) is 57.0 cm³/mol. The maximum Gasteiger partial charge on any atom is 0.0975 e. The highest BCUT2D eigenvalue weighted by Crippen LogP contribution is 2.28. The molecule has 0 radical (unpaired) electrons. The topological polar surface area (TPSA) is 20.2 Å². The van der Waals surface area contributed by atoms with Gasteiger partial charge in [0.15, 0.2) is 0 Å². The molecule has 0 saturated heterocycles. The van der Waals surface area contributed by atoms with E-state index in [0.29, 0.717) is 0 Å². The molecule has 2 rings (SSSR count). The van der Waals surface area contributed by atoms with Crippen molar-refractivity contribution in [3.8, 4) is 0 Å². The second-order valence-electron chi connectivity index (χ2n) is 2.86. The van der Waals surface area contributed by atoms with Crippen LogP contribution >= 0.6 is 11.3 Å². The molecule has 1 aromatic carbocycles. The molecule has 1 heterocycles. The molecule has 1 N–H and O–H groups in total. The van der Waals surface area contributed by atoms with E-state index in [4.69, 9.17) is 0 Å². The molecule has 1 aromatic heterocycles. The quantitative estimate of drug-likeness (QED) is 0.721. The minimum atomic E-state index is -0.557. The first-order chi connectivity index (χ1) is 6.33. The van der Waals surface area contributed by atoms with Gasteiger partial charge in [-0.3, -0.25) is 0 Å². The third-order valence-corrected chi connectivity index (χ3v) is 2.95. The van der Waals surface area contributed by atoms with Gasteiger partial charge in [0.05, 0.1) is 6.10 Å². The van der Waals surface area contributed by atoms with E-state index in [0.717, 1.165) is 10.9 Å². The van der Waals surface area contributed by atoms with Crippen molar-refractivity contribution in [2.24, 2.45) is 0 Å². The first kappa shape index (κ1) is 8.48. The zero-order valence-corrected chi connectivity index (χ0v) is 7.92. The number of fused-ring (bicyclic) bond motifs is 1. The van der Waals surface area contributed by atoms with E-state index < -0.39 is 6.10 Å². The van der Waals surface area contributed by atoms with Crippen LogP contribution in [-0.2, 0) is 0 Å². The van der Waals surface area contributed by atoms with Gasteiger partial charge in [0.2, 0.25) is 0 Å². The van der Waals surface area contributed by atoms with Gasteiger partial charge in [-0.25, -0.2) is 0 Å². The molecule has 0 aliphatic carbocycles. The van der Waals surface area contributed by atoms with Gasteiger partial charge in [0, 0.05) is 4.70 Å². The smallest absolute Gasteiger partial charge is 0.0975 e. The van der Waals surface area contributed by atoms with E-state index in [1.54, 1.807) is 17.4 Å². The van der Waals surface area contributed by atoms with E-state index in [9.17, 15) is 5.11 Å². The zero-order valence-electron chi connectivity index (χ0n) is 7.10. The Morgan fingerprint density at radius 1 is 1.38 bits per heavy atom. The third-order valence-electron chi connectivity index (χ3n) is 2.07. The Morgan fingerprint density at radius 2 is 2.23 bits per heavy atom. The lowest BCUT2D eigenvalue weighted by Crippen LogP contribution is -1.91. The largest absolute Gasteiger partial charge is 0.384 e. The summed E-state index contributed by atoms with van der Waals surface area (Å²) in [7, 11) is 0. The highest BCUT2D eigenvalue weighted by molar-refractivity contribution is 7.17. The summed E-state index contributed by atoms with van der Waals surface area (Å²) in [5.41, 5.74) is 0.939. The fourth-order valence-electron chi connectivity index (χ4n) is 1.40.